The van der Waals surface area contributed by atoms with Gasteiger partial charge in [-0.2, -0.15) is 5.26 Å². The number of hydrogen-bond donors (Lipinski definition) is 0. The number of fused-ring (bicyclic) bond motifs is 5. The molecule has 9 rings (SSSR count). The van der Waals surface area contributed by atoms with Crippen molar-refractivity contribution in [2.45, 2.75) is 0 Å². The molecule has 0 amide bonds. The summed E-state index contributed by atoms with van der Waals surface area (Å²) >= 11 is 0. The Morgan fingerprint density at radius 2 is 0.979 bits per heavy atom. The highest BCUT2D eigenvalue weighted by atomic mass is 15.0. The van der Waals surface area contributed by atoms with E-state index in [4.69, 9.17) is 15.0 Å². The molecule has 0 unspecified atom stereocenters. The Kier molecular flexibility index (Phi) is 6.12. The normalized spacial score (nSPS) is 11.4. The molecule has 7 aromatic carbocycles. The van der Waals surface area contributed by atoms with Crippen LogP contribution in [0.1, 0.15) is 5.56 Å². The van der Waals surface area contributed by atoms with Crippen LogP contribution in [0, 0.1) is 11.3 Å². The fraction of sp³-hybridized carbons (Fsp3) is 0. The van der Waals surface area contributed by atoms with E-state index in [1.165, 1.54) is 0 Å². The lowest BCUT2D eigenvalue weighted by atomic mass is 10.0. The lowest BCUT2D eigenvalue weighted by Crippen LogP contribution is -2.01. The van der Waals surface area contributed by atoms with Crippen LogP contribution < -0.4 is 0 Å². The zero-order valence-electron chi connectivity index (χ0n) is 25.2. The van der Waals surface area contributed by atoms with Crippen LogP contribution in [0.15, 0.2) is 152 Å². The van der Waals surface area contributed by atoms with Crippen LogP contribution in [-0.2, 0) is 0 Å². The summed E-state index contributed by atoms with van der Waals surface area (Å²) in [6.07, 6.45) is 0. The molecule has 0 saturated heterocycles. The standard InChI is InChI=1S/C42H25N5/c43-26-27-20-22-38-36(24-27)37-25-30(21-23-39(37)47(38)31-14-2-1-3-15-31)40-44-41(34-18-8-12-28-10-4-6-16-32(28)34)46-42(45-40)35-19-9-13-29-11-5-7-17-33(29)35/h1-25H. The molecule has 0 atom stereocenters. The zero-order chi connectivity index (χ0) is 31.3. The third-order valence-corrected chi connectivity index (χ3v) is 8.86. The van der Waals surface area contributed by atoms with Gasteiger partial charge in [-0.1, -0.05) is 103 Å². The Labute approximate surface area is 270 Å². The molecule has 0 N–H and O–H groups in total. The predicted octanol–water partition coefficient (Wildman–Crippen LogP) is 10.1. The highest BCUT2D eigenvalue weighted by Crippen LogP contribution is 2.37. The first-order valence-corrected chi connectivity index (χ1v) is 15.5. The maximum absolute atomic E-state index is 9.77. The van der Waals surface area contributed by atoms with Gasteiger partial charge in [0.1, 0.15) is 0 Å². The van der Waals surface area contributed by atoms with Crippen molar-refractivity contribution in [3.63, 3.8) is 0 Å². The zero-order valence-corrected chi connectivity index (χ0v) is 25.2. The van der Waals surface area contributed by atoms with Crippen LogP contribution >= 0.6 is 0 Å². The van der Waals surface area contributed by atoms with Gasteiger partial charge in [-0.25, -0.2) is 15.0 Å². The number of rotatable bonds is 4. The average molecular weight is 600 g/mol. The summed E-state index contributed by atoms with van der Waals surface area (Å²) in [5.41, 5.74) is 6.53. The average Bonchev–Trinajstić information content (AvgIpc) is 3.47. The second kappa shape index (κ2) is 10.8. The number of nitriles is 1. The highest BCUT2D eigenvalue weighted by molar-refractivity contribution is 6.11. The number of nitrogens with zero attached hydrogens (tertiary/aromatic N) is 5. The van der Waals surface area contributed by atoms with Gasteiger partial charge < -0.3 is 4.57 Å². The summed E-state index contributed by atoms with van der Waals surface area (Å²) in [5.74, 6) is 1.83. The van der Waals surface area contributed by atoms with Gasteiger partial charge in [0.05, 0.1) is 22.7 Å². The van der Waals surface area contributed by atoms with E-state index in [0.29, 0.717) is 23.0 Å². The van der Waals surface area contributed by atoms with Crippen LogP contribution in [0.2, 0.25) is 0 Å². The highest BCUT2D eigenvalue weighted by Gasteiger charge is 2.18. The molecule has 0 aliphatic carbocycles. The molecule has 0 spiro atoms. The number of aromatic nitrogens is 4. The van der Waals surface area contributed by atoms with Gasteiger partial charge in [0.15, 0.2) is 17.5 Å². The molecule has 2 heterocycles. The third kappa shape index (κ3) is 4.43. The third-order valence-electron chi connectivity index (χ3n) is 8.86. The molecule has 2 aromatic heterocycles. The summed E-state index contributed by atoms with van der Waals surface area (Å²) in [7, 11) is 0. The molecule has 47 heavy (non-hydrogen) atoms. The van der Waals surface area contributed by atoms with E-state index in [1.807, 2.05) is 60.7 Å². The lowest BCUT2D eigenvalue weighted by Gasteiger charge is -2.12. The molecule has 0 bridgehead atoms. The topological polar surface area (TPSA) is 67.4 Å². The monoisotopic (exact) mass is 599 g/mol. The van der Waals surface area contributed by atoms with Gasteiger partial charge in [-0.3, -0.25) is 0 Å². The van der Waals surface area contributed by atoms with E-state index in [2.05, 4.69) is 102 Å². The first-order valence-electron chi connectivity index (χ1n) is 15.5. The number of hydrogen-bond acceptors (Lipinski definition) is 4. The van der Waals surface area contributed by atoms with E-state index in [1.54, 1.807) is 0 Å². The van der Waals surface area contributed by atoms with Gasteiger partial charge in [0, 0.05) is 33.2 Å². The number of para-hydroxylation sites is 1. The minimum Gasteiger partial charge on any atom is -0.309 e. The van der Waals surface area contributed by atoms with E-state index < -0.39 is 0 Å². The molecule has 218 valence electrons. The molecule has 0 fully saturated rings. The molecule has 0 aliphatic rings. The molecule has 9 aromatic rings. The van der Waals surface area contributed by atoms with Gasteiger partial charge in [0.2, 0.25) is 0 Å². The molecule has 0 aliphatic heterocycles. The van der Waals surface area contributed by atoms with Gasteiger partial charge in [0.25, 0.3) is 0 Å². The first-order chi connectivity index (χ1) is 23.2. The van der Waals surface area contributed by atoms with Crippen LogP contribution in [0.5, 0.6) is 0 Å². The molecule has 5 heteroatoms. The second-order valence-corrected chi connectivity index (χ2v) is 11.6. The van der Waals surface area contributed by atoms with E-state index in [-0.39, 0.29) is 0 Å². The number of benzene rings is 7. The van der Waals surface area contributed by atoms with Crippen LogP contribution in [0.3, 0.4) is 0 Å². The van der Waals surface area contributed by atoms with Crippen LogP contribution in [0.4, 0.5) is 0 Å². The van der Waals surface area contributed by atoms with Crippen LogP contribution in [-0.4, -0.2) is 19.5 Å². The summed E-state index contributed by atoms with van der Waals surface area (Å²) in [5, 5.41) is 16.2. The predicted molar refractivity (Wildman–Crippen MR) is 190 cm³/mol. The van der Waals surface area contributed by atoms with Crippen LogP contribution in [0.25, 0.3) is 83.2 Å². The Balaban J connectivity index is 1.33. The molecule has 5 nitrogen and oxygen atoms in total. The fourth-order valence-electron chi connectivity index (χ4n) is 6.67. The largest absolute Gasteiger partial charge is 0.309 e. The summed E-state index contributed by atoms with van der Waals surface area (Å²) in [6.45, 7) is 0. The van der Waals surface area contributed by atoms with Crippen molar-refractivity contribution in [1.29, 1.82) is 5.26 Å². The van der Waals surface area contributed by atoms with E-state index >= 15 is 0 Å². The van der Waals surface area contributed by atoms with Gasteiger partial charge in [-0.05, 0) is 70.1 Å². The Morgan fingerprint density at radius 1 is 0.447 bits per heavy atom. The first kappa shape index (κ1) is 26.7. The minimum absolute atomic E-state index is 0.588. The Bertz CT molecular complexity index is 2590. The van der Waals surface area contributed by atoms with Crippen molar-refractivity contribution >= 4 is 43.4 Å². The van der Waals surface area contributed by atoms with Crippen molar-refractivity contribution in [2.75, 3.05) is 0 Å². The van der Waals surface area contributed by atoms with Gasteiger partial charge in [-0.15, -0.1) is 0 Å². The van der Waals surface area contributed by atoms with Crippen molar-refractivity contribution in [1.82, 2.24) is 19.5 Å². The van der Waals surface area contributed by atoms with Crippen molar-refractivity contribution in [3.05, 3.63) is 157 Å². The molecular formula is C42H25N5. The lowest BCUT2D eigenvalue weighted by molar-refractivity contribution is 1.08. The SMILES string of the molecule is N#Cc1ccc2c(c1)c1cc(-c3nc(-c4cccc5ccccc45)nc(-c4cccc5ccccc45)n3)ccc1n2-c1ccccc1. The maximum atomic E-state index is 9.77. The molecule has 0 saturated carbocycles. The van der Waals surface area contributed by atoms with E-state index in [0.717, 1.165) is 65.7 Å². The fourth-order valence-corrected chi connectivity index (χ4v) is 6.67. The molecular weight excluding hydrogens is 574 g/mol. The van der Waals surface area contributed by atoms with Crippen molar-refractivity contribution in [3.8, 4) is 45.9 Å². The smallest absolute Gasteiger partial charge is 0.164 e. The van der Waals surface area contributed by atoms with Gasteiger partial charge >= 0.3 is 0 Å². The second-order valence-electron chi connectivity index (χ2n) is 11.6. The molecule has 0 radical (unpaired) electrons. The Hall–Kier alpha value is -6.64. The summed E-state index contributed by atoms with van der Waals surface area (Å²) in [4.78, 5) is 15.4. The maximum Gasteiger partial charge on any atom is 0.164 e. The van der Waals surface area contributed by atoms with E-state index in [9.17, 15) is 5.26 Å². The summed E-state index contributed by atoms with van der Waals surface area (Å²) < 4.78 is 2.24. The summed E-state index contributed by atoms with van der Waals surface area (Å²) in [6, 6.07) is 54.0. The van der Waals surface area contributed by atoms with Crippen molar-refractivity contribution in [2.24, 2.45) is 0 Å². The minimum atomic E-state index is 0.588. The quantitative estimate of drug-likeness (QED) is 0.202. The van der Waals surface area contributed by atoms with Crippen molar-refractivity contribution < 1.29 is 0 Å². The Morgan fingerprint density at radius 3 is 1.62 bits per heavy atom.